The molecule has 2 fully saturated rings. The van der Waals surface area contributed by atoms with Crippen molar-refractivity contribution in [3.63, 3.8) is 0 Å². The van der Waals surface area contributed by atoms with Crippen LogP contribution < -0.4 is 21.5 Å². The molecule has 4 atom stereocenters. The number of imide groups is 1. The summed E-state index contributed by atoms with van der Waals surface area (Å²) in [5.41, 5.74) is 1.84. The van der Waals surface area contributed by atoms with Crippen molar-refractivity contribution in [3.8, 4) is 11.5 Å². The Morgan fingerprint density at radius 3 is 2.43 bits per heavy atom. The number of ether oxygens (including phenoxy) is 1. The second-order valence-corrected chi connectivity index (χ2v) is 12.0. The summed E-state index contributed by atoms with van der Waals surface area (Å²) in [6.07, 6.45) is 1.79. The number of aromatic hydroxyl groups is 1. The highest BCUT2D eigenvalue weighted by atomic mass is 35.5. The normalized spacial score (nSPS) is 23.4. The van der Waals surface area contributed by atoms with E-state index in [4.69, 9.17) is 16.3 Å². The van der Waals surface area contributed by atoms with Crippen molar-refractivity contribution < 1.29 is 23.8 Å². The number of carbonyl (C=O) groups excluding carboxylic acids is 2. The topological polar surface area (TPSA) is 128 Å². The molecule has 0 radical (unpaired) electrons. The lowest BCUT2D eigenvalue weighted by Crippen LogP contribution is -2.53. The van der Waals surface area contributed by atoms with E-state index in [-0.39, 0.29) is 31.1 Å². The van der Waals surface area contributed by atoms with E-state index in [1.54, 1.807) is 55.5 Å². The molecule has 1 saturated heterocycles. The zero-order valence-electron chi connectivity index (χ0n) is 24.8. The van der Waals surface area contributed by atoms with Gasteiger partial charge in [0.2, 0.25) is 0 Å². The van der Waals surface area contributed by atoms with Crippen LogP contribution in [0.5, 0.6) is 11.5 Å². The number of hydrazine groups is 1. The van der Waals surface area contributed by atoms with Gasteiger partial charge in [0.1, 0.15) is 5.82 Å². The number of phenolic OH excluding ortho intramolecular Hbond substituents is 1. The Hall–Kier alpha value is -5.10. The number of halogens is 2. The first-order valence-corrected chi connectivity index (χ1v) is 15.2. The number of amides is 2. The molecule has 3 aliphatic rings. The van der Waals surface area contributed by atoms with Crippen molar-refractivity contribution in [1.29, 1.82) is 0 Å². The molecular weight excluding hydrogens is 617 g/mol. The second kappa shape index (κ2) is 10.8. The van der Waals surface area contributed by atoms with E-state index in [0.717, 1.165) is 9.58 Å². The highest BCUT2D eigenvalue weighted by Crippen LogP contribution is 2.63. The van der Waals surface area contributed by atoms with Gasteiger partial charge in [-0.15, -0.1) is 0 Å². The van der Waals surface area contributed by atoms with E-state index in [1.807, 2.05) is 0 Å². The van der Waals surface area contributed by atoms with E-state index in [9.17, 15) is 23.9 Å². The standard InChI is InChI=1S/C33H29ClFN5O6/c1-3-46-26-6-4-5-23(28(26)41)27-22-15-16-38-31(44)37(2)32(45)40(38)25(22)17-24-29(42)39(36-21-13-11-20(35)12-14-21)30(43)33(24,27)18-7-9-19(34)10-8-18/h4-15,24-25,27,36,41H,3,16-17H2,1-2H3. The molecule has 4 aromatic rings. The van der Waals surface area contributed by atoms with Gasteiger partial charge in [-0.05, 0) is 66.9 Å². The number of phenols is 1. The van der Waals surface area contributed by atoms with Crippen molar-refractivity contribution >= 4 is 29.1 Å². The van der Waals surface area contributed by atoms with E-state index in [0.29, 0.717) is 27.4 Å². The third-order valence-corrected chi connectivity index (χ3v) is 9.60. The molecule has 2 aliphatic heterocycles. The number of carbonyl (C=O) groups is 2. The minimum atomic E-state index is -1.64. The van der Waals surface area contributed by atoms with Gasteiger partial charge in [-0.1, -0.05) is 41.9 Å². The van der Waals surface area contributed by atoms with Crippen LogP contribution in [0, 0.1) is 11.7 Å². The molecule has 1 aliphatic carbocycles. The van der Waals surface area contributed by atoms with Gasteiger partial charge in [0, 0.05) is 23.6 Å². The summed E-state index contributed by atoms with van der Waals surface area (Å²) in [7, 11) is 1.39. The molecule has 1 saturated carbocycles. The van der Waals surface area contributed by atoms with Crippen molar-refractivity contribution in [3.05, 3.63) is 121 Å². The molecule has 2 N–H and O–H groups in total. The number of nitrogens with one attached hydrogen (secondary N) is 1. The monoisotopic (exact) mass is 645 g/mol. The SMILES string of the molecule is CCOc1cccc(C2C3=CCn4c(=O)n(C)c(=O)n4C3CC3C(=O)N(Nc4ccc(F)cc4)C(=O)C32c2ccc(Cl)cc2)c1O. The maximum atomic E-state index is 15.0. The molecule has 0 spiro atoms. The first kappa shape index (κ1) is 29.6. The number of hydrogen-bond acceptors (Lipinski definition) is 7. The largest absolute Gasteiger partial charge is 0.504 e. The number of anilines is 1. The summed E-state index contributed by atoms with van der Waals surface area (Å²) >= 11 is 6.29. The summed E-state index contributed by atoms with van der Waals surface area (Å²) < 4.78 is 23.1. The van der Waals surface area contributed by atoms with Crippen molar-refractivity contribution in [1.82, 2.24) is 18.9 Å². The quantitative estimate of drug-likeness (QED) is 0.241. The molecule has 46 heavy (non-hydrogen) atoms. The molecule has 4 unspecified atom stereocenters. The summed E-state index contributed by atoms with van der Waals surface area (Å²) in [5.74, 6) is -3.78. The number of rotatable bonds is 6. The van der Waals surface area contributed by atoms with Gasteiger partial charge in [0.15, 0.2) is 11.5 Å². The van der Waals surface area contributed by atoms with Crippen LogP contribution in [0.1, 0.15) is 36.4 Å². The predicted molar refractivity (Wildman–Crippen MR) is 166 cm³/mol. The van der Waals surface area contributed by atoms with Gasteiger partial charge >= 0.3 is 11.4 Å². The van der Waals surface area contributed by atoms with Crippen LogP contribution in [-0.4, -0.2) is 42.5 Å². The fourth-order valence-electron chi connectivity index (χ4n) is 7.41. The fraction of sp³-hybridized carbons (Fsp3) is 0.273. The lowest BCUT2D eigenvalue weighted by molar-refractivity contribution is -0.138. The molecule has 7 rings (SSSR count). The highest BCUT2D eigenvalue weighted by Gasteiger charge is 2.69. The van der Waals surface area contributed by atoms with Crippen molar-refractivity contribution in [2.75, 3.05) is 12.0 Å². The fourth-order valence-corrected chi connectivity index (χ4v) is 7.54. The van der Waals surface area contributed by atoms with Gasteiger partial charge in [-0.2, -0.15) is 5.01 Å². The Balaban J connectivity index is 1.52. The molecule has 2 amide bonds. The summed E-state index contributed by atoms with van der Waals surface area (Å²) in [6, 6.07) is 16.0. The summed E-state index contributed by atoms with van der Waals surface area (Å²) in [6.45, 7) is 2.07. The third kappa shape index (κ3) is 4.09. The van der Waals surface area contributed by atoms with Gasteiger partial charge in [-0.3, -0.25) is 15.0 Å². The Labute approximate surface area is 266 Å². The van der Waals surface area contributed by atoms with Gasteiger partial charge in [0.25, 0.3) is 11.8 Å². The van der Waals surface area contributed by atoms with E-state index in [1.165, 1.54) is 40.7 Å². The van der Waals surface area contributed by atoms with Crippen LogP contribution in [0.3, 0.4) is 0 Å². The molecule has 3 heterocycles. The smallest absolute Gasteiger partial charge is 0.347 e. The number of para-hydroxylation sites is 1. The number of hydrogen-bond donors (Lipinski definition) is 2. The van der Waals surface area contributed by atoms with Crippen LogP contribution in [-0.2, 0) is 28.6 Å². The zero-order valence-corrected chi connectivity index (χ0v) is 25.6. The van der Waals surface area contributed by atoms with Gasteiger partial charge in [0.05, 0.1) is 36.2 Å². The second-order valence-electron chi connectivity index (χ2n) is 11.6. The number of allylic oxidation sites excluding steroid dienone is 2. The first-order chi connectivity index (χ1) is 22.1. The Kier molecular flexibility index (Phi) is 6.93. The Bertz CT molecular complexity index is 2050. The molecule has 13 heteroatoms. The van der Waals surface area contributed by atoms with Crippen LogP contribution in [0.15, 0.2) is 88.0 Å². The maximum absolute atomic E-state index is 15.0. The maximum Gasteiger partial charge on any atom is 0.347 e. The van der Waals surface area contributed by atoms with Crippen molar-refractivity contribution in [2.24, 2.45) is 13.0 Å². The molecule has 1 aromatic heterocycles. The van der Waals surface area contributed by atoms with Crippen LogP contribution in [0.25, 0.3) is 0 Å². The zero-order chi connectivity index (χ0) is 32.5. The minimum absolute atomic E-state index is 0.00754. The minimum Gasteiger partial charge on any atom is -0.504 e. The molecule has 3 aromatic carbocycles. The lowest BCUT2D eigenvalue weighted by Gasteiger charge is -2.49. The lowest BCUT2D eigenvalue weighted by atomic mass is 9.53. The molecule has 11 nitrogen and oxygen atoms in total. The number of nitrogens with zero attached hydrogens (tertiary/aromatic N) is 4. The third-order valence-electron chi connectivity index (χ3n) is 9.35. The number of fused-ring (bicyclic) bond motifs is 4. The molecular formula is C33H29ClFN5O6. The highest BCUT2D eigenvalue weighted by molar-refractivity contribution is 6.30. The first-order valence-electron chi connectivity index (χ1n) is 14.8. The Morgan fingerprint density at radius 2 is 1.74 bits per heavy atom. The average Bonchev–Trinajstić information content (AvgIpc) is 3.40. The van der Waals surface area contributed by atoms with E-state index in [2.05, 4.69) is 5.43 Å². The molecule has 0 bridgehead atoms. The average molecular weight is 646 g/mol. The van der Waals surface area contributed by atoms with E-state index >= 15 is 4.79 Å². The Morgan fingerprint density at radius 1 is 1.02 bits per heavy atom. The van der Waals surface area contributed by atoms with Crippen molar-refractivity contribution in [2.45, 2.75) is 37.3 Å². The summed E-state index contributed by atoms with van der Waals surface area (Å²) in [4.78, 5) is 56.1. The van der Waals surface area contributed by atoms with E-state index < -0.39 is 52.3 Å². The van der Waals surface area contributed by atoms with Crippen LogP contribution in [0.4, 0.5) is 10.1 Å². The van der Waals surface area contributed by atoms with Gasteiger partial charge < -0.3 is 9.84 Å². The summed E-state index contributed by atoms with van der Waals surface area (Å²) in [5, 5.41) is 13.1. The van der Waals surface area contributed by atoms with Gasteiger partial charge in [-0.25, -0.2) is 27.9 Å². The van der Waals surface area contributed by atoms with Crippen LogP contribution >= 0.6 is 11.6 Å². The number of benzene rings is 3. The van der Waals surface area contributed by atoms with Crippen LogP contribution in [0.2, 0.25) is 5.02 Å². The number of aromatic nitrogens is 3. The predicted octanol–water partition coefficient (Wildman–Crippen LogP) is 3.86. The molecule has 236 valence electrons.